The lowest BCUT2D eigenvalue weighted by Gasteiger charge is -2.26. The van der Waals surface area contributed by atoms with Crippen molar-refractivity contribution in [1.82, 2.24) is 4.90 Å². The molecule has 1 saturated heterocycles. The molecule has 0 atom stereocenters. The van der Waals surface area contributed by atoms with Crippen LogP contribution < -0.4 is 5.73 Å². The van der Waals surface area contributed by atoms with Crippen molar-refractivity contribution in [1.29, 1.82) is 0 Å². The third kappa shape index (κ3) is 2.83. The van der Waals surface area contributed by atoms with Crippen molar-refractivity contribution in [2.24, 2.45) is 0 Å². The minimum atomic E-state index is -3.12. The number of amides is 1. The Hall–Kier alpha value is -1.70. The third-order valence-corrected chi connectivity index (χ3v) is 4.57. The minimum absolute atomic E-state index is 0.0226. The Kier molecular flexibility index (Phi) is 3.44. The Morgan fingerprint density at radius 2 is 1.63 bits per heavy atom. The topological polar surface area (TPSA) is 80.5 Å². The van der Waals surface area contributed by atoms with Crippen molar-refractivity contribution in [2.45, 2.75) is 0 Å². The molecule has 19 heavy (non-hydrogen) atoms. The summed E-state index contributed by atoms with van der Waals surface area (Å²) in [5.74, 6) is -2.90. The predicted octanol–water partition coefficient (Wildman–Crippen LogP) is 0.418. The number of hydrogen-bond donors (Lipinski definition) is 1. The molecule has 8 heteroatoms. The van der Waals surface area contributed by atoms with E-state index in [9.17, 15) is 22.0 Å². The monoisotopic (exact) mass is 290 g/mol. The van der Waals surface area contributed by atoms with Gasteiger partial charge in [-0.05, 0) is 12.1 Å². The number of nitrogens with zero attached hydrogens (tertiary/aromatic N) is 1. The molecule has 2 N–H and O–H groups in total. The number of carbonyl (C=O) groups excluding carboxylic acids is 1. The summed E-state index contributed by atoms with van der Waals surface area (Å²) in [7, 11) is -3.12. The molecule has 1 aliphatic rings. The molecule has 0 spiro atoms. The van der Waals surface area contributed by atoms with E-state index < -0.39 is 33.1 Å². The van der Waals surface area contributed by atoms with E-state index in [2.05, 4.69) is 0 Å². The first-order valence-electron chi connectivity index (χ1n) is 5.54. The summed E-state index contributed by atoms with van der Waals surface area (Å²) >= 11 is 0. The SMILES string of the molecule is Nc1c(F)cc(C(=O)N2CCS(=O)(=O)CC2)cc1F. The quantitative estimate of drug-likeness (QED) is 0.760. The molecule has 1 fully saturated rings. The van der Waals surface area contributed by atoms with Gasteiger partial charge in [0, 0.05) is 18.7 Å². The summed E-state index contributed by atoms with van der Waals surface area (Å²) in [6, 6.07) is 1.70. The Morgan fingerprint density at radius 3 is 2.11 bits per heavy atom. The number of hydrogen-bond acceptors (Lipinski definition) is 4. The summed E-state index contributed by atoms with van der Waals surface area (Å²) in [5.41, 5.74) is 4.29. The highest BCUT2D eigenvalue weighted by molar-refractivity contribution is 7.91. The second kappa shape index (κ2) is 4.76. The fraction of sp³-hybridized carbons (Fsp3) is 0.364. The van der Waals surface area contributed by atoms with Gasteiger partial charge in [-0.3, -0.25) is 4.79 Å². The average Bonchev–Trinajstić information content (AvgIpc) is 2.34. The van der Waals surface area contributed by atoms with Gasteiger partial charge >= 0.3 is 0 Å². The molecule has 1 heterocycles. The number of sulfone groups is 1. The molecule has 0 aliphatic carbocycles. The number of halogens is 2. The van der Waals surface area contributed by atoms with Crippen molar-refractivity contribution in [3.63, 3.8) is 0 Å². The van der Waals surface area contributed by atoms with Crippen molar-refractivity contribution >= 4 is 21.4 Å². The van der Waals surface area contributed by atoms with Crippen LogP contribution in [0.1, 0.15) is 10.4 Å². The summed E-state index contributed by atoms with van der Waals surface area (Å²) in [5, 5.41) is 0. The second-order valence-corrected chi connectivity index (χ2v) is 6.60. The van der Waals surface area contributed by atoms with E-state index >= 15 is 0 Å². The molecule has 2 rings (SSSR count). The molecule has 5 nitrogen and oxygen atoms in total. The molecule has 104 valence electrons. The smallest absolute Gasteiger partial charge is 0.254 e. The highest BCUT2D eigenvalue weighted by Gasteiger charge is 2.26. The Bertz CT molecular complexity index is 594. The molecule has 0 saturated carbocycles. The number of nitrogen functional groups attached to an aromatic ring is 1. The summed E-state index contributed by atoms with van der Waals surface area (Å²) in [6.45, 7) is 0.0452. The number of anilines is 1. The van der Waals surface area contributed by atoms with Crippen LogP contribution in [0, 0.1) is 11.6 Å². The van der Waals surface area contributed by atoms with Crippen molar-refractivity contribution in [3.8, 4) is 0 Å². The lowest BCUT2D eigenvalue weighted by Crippen LogP contribution is -2.43. The Morgan fingerprint density at radius 1 is 1.16 bits per heavy atom. The predicted molar refractivity (Wildman–Crippen MR) is 65.3 cm³/mol. The van der Waals surface area contributed by atoms with Gasteiger partial charge in [0.15, 0.2) is 9.84 Å². The number of rotatable bonds is 1. The number of benzene rings is 1. The first-order valence-corrected chi connectivity index (χ1v) is 7.36. The van der Waals surface area contributed by atoms with Crippen LogP contribution in [-0.4, -0.2) is 43.8 Å². The van der Waals surface area contributed by atoms with E-state index in [0.29, 0.717) is 0 Å². The zero-order valence-corrected chi connectivity index (χ0v) is 10.7. The second-order valence-electron chi connectivity index (χ2n) is 4.30. The van der Waals surface area contributed by atoms with Gasteiger partial charge in [0.2, 0.25) is 0 Å². The van der Waals surface area contributed by atoms with Crippen LogP contribution >= 0.6 is 0 Å². The van der Waals surface area contributed by atoms with Gasteiger partial charge in [-0.25, -0.2) is 17.2 Å². The van der Waals surface area contributed by atoms with Crippen LogP contribution in [0.3, 0.4) is 0 Å². The van der Waals surface area contributed by atoms with Crippen LogP contribution in [0.25, 0.3) is 0 Å². The molecule has 1 aromatic carbocycles. The van der Waals surface area contributed by atoms with Crippen molar-refractivity contribution < 1.29 is 22.0 Å². The van der Waals surface area contributed by atoms with E-state index in [4.69, 9.17) is 5.73 Å². The summed E-state index contributed by atoms with van der Waals surface area (Å²) in [4.78, 5) is 13.2. The maximum Gasteiger partial charge on any atom is 0.254 e. The van der Waals surface area contributed by atoms with Gasteiger partial charge in [-0.15, -0.1) is 0 Å². The van der Waals surface area contributed by atoms with Crippen molar-refractivity contribution in [2.75, 3.05) is 30.3 Å². The molecule has 0 unspecified atom stereocenters. The highest BCUT2D eigenvalue weighted by atomic mass is 32.2. The zero-order valence-electron chi connectivity index (χ0n) is 9.90. The molecule has 0 bridgehead atoms. The molecule has 1 aliphatic heterocycles. The number of carbonyl (C=O) groups is 1. The van der Waals surface area contributed by atoms with E-state index in [0.717, 1.165) is 12.1 Å². The lowest BCUT2D eigenvalue weighted by molar-refractivity contribution is 0.0769. The molecular weight excluding hydrogens is 278 g/mol. The highest BCUT2D eigenvalue weighted by Crippen LogP contribution is 2.19. The summed E-state index contributed by atoms with van der Waals surface area (Å²) < 4.78 is 49.0. The molecular formula is C11H12F2N2O3S. The maximum absolute atomic E-state index is 13.3. The normalized spacial score (nSPS) is 18.3. The van der Waals surface area contributed by atoms with E-state index in [-0.39, 0.29) is 30.2 Å². The largest absolute Gasteiger partial charge is 0.394 e. The summed E-state index contributed by atoms with van der Waals surface area (Å²) in [6.07, 6.45) is 0. The minimum Gasteiger partial charge on any atom is -0.394 e. The van der Waals surface area contributed by atoms with Crippen LogP contribution in [0.5, 0.6) is 0 Å². The van der Waals surface area contributed by atoms with Crippen LogP contribution in [0.4, 0.5) is 14.5 Å². The van der Waals surface area contributed by atoms with Crippen LogP contribution in [0.2, 0.25) is 0 Å². The standard InChI is InChI=1S/C11H12F2N2O3S/c12-8-5-7(6-9(13)10(8)14)11(16)15-1-3-19(17,18)4-2-15/h5-6H,1-4,14H2. The van der Waals surface area contributed by atoms with E-state index in [1.807, 2.05) is 0 Å². The fourth-order valence-electron chi connectivity index (χ4n) is 1.81. The Labute approximate surface area is 108 Å². The van der Waals surface area contributed by atoms with E-state index in [1.54, 1.807) is 0 Å². The van der Waals surface area contributed by atoms with Gasteiger partial charge in [-0.1, -0.05) is 0 Å². The molecule has 1 aromatic rings. The first-order chi connectivity index (χ1) is 8.80. The first kappa shape index (κ1) is 13.7. The molecule has 0 aromatic heterocycles. The number of nitrogens with two attached hydrogens (primary N) is 1. The average molecular weight is 290 g/mol. The zero-order chi connectivity index (χ0) is 14.2. The van der Waals surface area contributed by atoms with Crippen LogP contribution in [-0.2, 0) is 9.84 Å². The van der Waals surface area contributed by atoms with E-state index in [1.165, 1.54) is 4.90 Å². The lowest BCUT2D eigenvalue weighted by atomic mass is 10.1. The van der Waals surface area contributed by atoms with Crippen molar-refractivity contribution in [3.05, 3.63) is 29.3 Å². The van der Waals surface area contributed by atoms with Gasteiger partial charge in [0.05, 0.1) is 11.5 Å². The fourth-order valence-corrected chi connectivity index (χ4v) is 3.01. The van der Waals surface area contributed by atoms with Gasteiger partial charge in [0.25, 0.3) is 5.91 Å². The van der Waals surface area contributed by atoms with Gasteiger partial charge < -0.3 is 10.6 Å². The van der Waals surface area contributed by atoms with Crippen LogP contribution in [0.15, 0.2) is 12.1 Å². The Balaban J connectivity index is 2.21. The van der Waals surface area contributed by atoms with Gasteiger partial charge in [0.1, 0.15) is 17.3 Å². The van der Waals surface area contributed by atoms with Gasteiger partial charge in [-0.2, -0.15) is 0 Å². The molecule has 1 amide bonds. The third-order valence-electron chi connectivity index (χ3n) is 2.96. The maximum atomic E-state index is 13.3. The molecule has 0 radical (unpaired) electrons.